The maximum Gasteiger partial charge on any atom is 0.407 e. The second kappa shape index (κ2) is 27.7. The van der Waals surface area contributed by atoms with Crippen molar-refractivity contribution >= 4 is 47.9 Å². The van der Waals surface area contributed by atoms with Crippen LogP contribution >= 0.6 is 0 Å². The predicted molar refractivity (Wildman–Crippen MR) is 216 cm³/mol. The van der Waals surface area contributed by atoms with Crippen LogP contribution < -0.4 is 31.9 Å². The molecule has 0 bridgehead atoms. The van der Waals surface area contributed by atoms with Gasteiger partial charge in [0.1, 0.15) is 22.8 Å². The molecule has 334 valence electrons. The number of nitrogens with one attached hydrogen (secondary N) is 6. The van der Waals surface area contributed by atoms with Gasteiger partial charge in [-0.25, -0.2) is 19.2 Å². The molecule has 0 unspecified atom stereocenters. The van der Waals surface area contributed by atoms with Crippen molar-refractivity contribution < 1.29 is 57.7 Å². The van der Waals surface area contributed by atoms with Crippen molar-refractivity contribution in [3.05, 3.63) is 0 Å². The molecule has 7 amide bonds. The van der Waals surface area contributed by atoms with E-state index < -0.39 is 58.9 Å². The fourth-order valence-electron chi connectivity index (χ4n) is 4.89. The number of carbonyl (C=O) groups excluding carboxylic acids is 7. The summed E-state index contributed by atoms with van der Waals surface area (Å²) in [5, 5.41) is 25.6. The van der Waals surface area contributed by atoms with Gasteiger partial charge in [0.2, 0.25) is 23.6 Å². The monoisotopic (exact) mass is 830 g/mol. The van der Waals surface area contributed by atoms with E-state index in [4.69, 9.17) is 14.2 Å². The molecule has 0 aromatic heterocycles. The average Bonchev–Trinajstić information content (AvgIpc) is 3.06. The zero-order chi connectivity index (χ0) is 44.4. The lowest BCUT2D eigenvalue weighted by Gasteiger charge is -2.24. The van der Waals surface area contributed by atoms with Crippen LogP contribution in [0.15, 0.2) is 0 Å². The quantitative estimate of drug-likeness (QED) is 0.0489. The van der Waals surface area contributed by atoms with Crippen molar-refractivity contribution in [2.24, 2.45) is 0 Å². The molecular weight excluding hydrogens is 758 g/mol. The molecule has 19 heteroatoms. The van der Waals surface area contributed by atoms with Crippen LogP contribution in [0.4, 0.5) is 14.4 Å². The van der Waals surface area contributed by atoms with Gasteiger partial charge in [0.15, 0.2) is 0 Å². The number of nitrogens with zero attached hydrogens (tertiary/aromatic N) is 1. The number of unbranched alkanes of at least 4 members (excludes halogenated alkanes) is 3. The van der Waals surface area contributed by atoms with Gasteiger partial charge in [-0.2, -0.15) is 0 Å². The Kier molecular flexibility index (Phi) is 25.4. The van der Waals surface area contributed by atoms with Gasteiger partial charge in [0, 0.05) is 71.5 Å². The first kappa shape index (κ1) is 53.2. The molecule has 0 rings (SSSR count). The highest BCUT2D eigenvalue weighted by Gasteiger charge is 2.24. The lowest BCUT2D eigenvalue weighted by molar-refractivity contribution is -0.142. The van der Waals surface area contributed by atoms with Gasteiger partial charge < -0.3 is 56.1 Å². The number of alkyl carbamates (subject to hydrolysis) is 3. The minimum atomic E-state index is -1.33. The molecule has 0 aromatic carbocycles. The summed E-state index contributed by atoms with van der Waals surface area (Å²) in [6, 6.07) is -1.33. The van der Waals surface area contributed by atoms with E-state index in [1.165, 1.54) is 4.90 Å². The van der Waals surface area contributed by atoms with Crippen LogP contribution in [0.2, 0.25) is 0 Å². The Bertz CT molecular complexity index is 1270. The van der Waals surface area contributed by atoms with Gasteiger partial charge in [0.05, 0.1) is 0 Å². The zero-order valence-corrected chi connectivity index (χ0v) is 36.2. The number of rotatable bonds is 26. The molecule has 0 aliphatic heterocycles. The summed E-state index contributed by atoms with van der Waals surface area (Å²) in [4.78, 5) is 99.5. The fraction of sp³-hybridized carbons (Fsp3) is 0.795. The van der Waals surface area contributed by atoms with Gasteiger partial charge in [0.25, 0.3) is 0 Å². The van der Waals surface area contributed by atoms with E-state index in [2.05, 4.69) is 31.9 Å². The van der Waals surface area contributed by atoms with Crippen LogP contribution in [0.3, 0.4) is 0 Å². The van der Waals surface area contributed by atoms with Crippen molar-refractivity contribution in [1.82, 2.24) is 36.8 Å². The Morgan fingerprint density at radius 3 is 1.16 bits per heavy atom. The number of hydrogen-bond acceptors (Lipinski definition) is 11. The highest BCUT2D eigenvalue weighted by Crippen LogP contribution is 2.09. The van der Waals surface area contributed by atoms with Crippen molar-refractivity contribution in [1.29, 1.82) is 0 Å². The average molecular weight is 830 g/mol. The Labute approximate surface area is 343 Å². The van der Waals surface area contributed by atoms with Crippen LogP contribution in [0.5, 0.6) is 0 Å². The van der Waals surface area contributed by atoms with E-state index in [0.717, 1.165) is 0 Å². The highest BCUT2D eigenvalue weighted by atomic mass is 16.6. The van der Waals surface area contributed by atoms with E-state index in [9.17, 15) is 43.5 Å². The molecule has 0 aliphatic rings. The molecule has 0 saturated carbocycles. The lowest BCUT2D eigenvalue weighted by Crippen LogP contribution is -2.44. The number of hydrogen-bond donors (Lipinski definition) is 7. The Hall–Kier alpha value is -4.84. The zero-order valence-electron chi connectivity index (χ0n) is 36.2. The van der Waals surface area contributed by atoms with Crippen molar-refractivity contribution in [2.45, 2.75) is 156 Å². The second-order valence-electron chi connectivity index (χ2n) is 16.7. The normalized spacial score (nSPS) is 11.9. The van der Waals surface area contributed by atoms with Gasteiger partial charge in [-0.1, -0.05) is 0 Å². The molecule has 0 heterocycles. The van der Waals surface area contributed by atoms with Crippen molar-refractivity contribution in [3.8, 4) is 0 Å². The number of carbonyl (C=O) groups is 8. The first-order chi connectivity index (χ1) is 26.9. The van der Waals surface area contributed by atoms with E-state index in [0.29, 0.717) is 51.6 Å². The minimum absolute atomic E-state index is 0.0136. The number of carboxylic acids is 1. The molecule has 58 heavy (non-hydrogen) atoms. The third-order valence-corrected chi connectivity index (χ3v) is 7.54. The first-order valence-corrected chi connectivity index (χ1v) is 20.1. The van der Waals surface area contributed by atoms with Crippen LogP contribution in [0.25, 0.3) is 0 Å². The van der Waals surface area contributed by atoms with Crippen molar-refractivity contribution in [3.63, 3.8) is 0 Å². The summed E-state index contributed by atoms with van der Waals surface area (Å²) >= 11 is 0. The summed E-state index contributed by atoms with van der Waals surface area (Å²) in [6.45, 7) is 17.1. The standard InChI is InChI=1S/C39H71N7O12/c1-37(2,3)56-34(53)42-21-13-10-16-29(47)40-24-26-46(27-25-41-30(48)17-11-14-22-43-35(54)57-38(4,5)6)32(50)20-19-28(33(51)52)45-31(49)18-12-15-23-44-36(55)58-39(7,8)9/h28H,10-27H2,1-9H3,(H,40,47)(H,41,48)(H,42,53)(H,43,54)(H,44,55)(H,45,49)(H,51,52)/t28-/m0/s1. The Morgan fingerprint density at radius 1 is 0.483 bits per heavy atom. The third kappa shape index (κ3) is 32.3. The molecular formula is C39H71N7O12. The molecule has 0 fully saturated rings. The van der Waals surface area contributed by atoms with Crippen molar-refractivity contribution in [2.75, 3.05) is 45.8 Å². The Morgan fingerprint density at radius 2 is 0.828 bits per heavy atom. The molecule has 7 N–H and O–H groups in total. The number of ether oxygens (including phenoxy) is 3. The summed E-state index contributed by atoms with van der Waals surface area (Å²) in [6.07, 6.45) is 1.25. The van der Waals surface area contributed by atoms with Gasteiger partial charge in [-0.05, 0) is 107 Å². The minimum Gasteiger partial charge on any atom is -0.480 e. The summed E-state index contributed by atoms with van der Waals surface area (Å²) < 4.78 is 15.5. The number of carboxylic acid groups (broad SMARTS) is 1. The maximum atomic E-state index is 13.3. The van der Waals surface area contributed by atoms with E-state index in [1.807, 2.05) is 0 Å². The third-order valence-electron chi connectivity index (χ3n) is 7.54. The molecule has 0 aromatic rings. The summed E-state index contributed by atoms with van der Waals surface area (Å²) in [5.74, 6) is -2.76. The lowest BCUT2D eigenvalue weighted by atomic mass is 10.1. The van der Waals surface area contributed by atoms with Crippen LogP contribution in [-0.2, 0) is 38.2 Å². The molecule has 19 nitrogen and oxygen atoms in total. The molecule has 0 spiro atoms. The van der Waals surface area contributed by atoms with E-state index in [1.54, 1.807) is 62.3 Å². The van der Waals surface area contributed by atoms with Gasteiger partial charge in [-0.3, -0.25) is 19.2 Å². The van der Waals surface area contributed by atoms with Crippen LogP contribution in [0.1, 0.15) is 133 Å². The largest absolute Gasteiger partial charge is 0.480 e. The second-order valence-corrected chi connectivity index (χ2v) is 16.7. The number of aliphatic carboxylic acids is 1. The van der Waals surface area contributed by atoms with E-state index >= 15 is 0 Å². The first-order valence-electron chi connectivity index (χ1n) is 20.1. The molecule has 1 atom stereocenters. The van der Waals surface area contributed by atoms with Gasteiger partial charge >= 0.3 is 24.2 Å². The Balaban J connectivity index is 5.01. The fourth-order valence-corrected chi connectivity index (χ4v) is 4.89. The smallest absolute Gasteiger partial charge is 0.407 e. The molecule has 0 radical (unpaired) electrons. The van der Waals surface area contributed by atoms with Crippen LogP contribution in [-0.4, -0.2) is 127 Å². The molecule has 0 saturated heterocycles. The maximum absolute atomic E-state index is 13.3. The highest BCUT2D eigenvalue weighted by molar-refractivity contribution is 5.84. The summed E-state index contributed by atoms with van der Waals surface area (Å²) in [5.41, 5.74) is -1.88. The number of amides is 7. The topological polar surface area (TPSA) is 260 Å². The van der Waals surface area contributed by atoms with E-state index in [-0.39, 0.29) is 76.6 Å². The summed E-state index contributed by atoms with van der Waals surface area (Å²) in [7, 11) is 0. The van der Waals surface area contributed by atoms with Crippen LogP contribution in [0, 0.1) is 0 Å². The predicted octanol–water partition coefficient (Wildman–Crippen LogP) is 3.48. The SMILES string of the molecule is CC(C)(C)OC(=O)NCCCCC(=O)NCCN(CCNC(=O)CCCCNC(=O)OC(C)(C)C)C(=O)CC[C@H](NC(=O)CCCCNC(=O)OC(C)(C)C)C(=O)O. The molecule has 0 aliphatic carbocycles. The van der Waals surface area contributed by atoms with Gasteiger partial charge in [-0.15, -0.1) is 0 Å².